The van der Waals surface area contributed by atoms with Crippen molar-refractivity contribution in [3.63, 3.8) is 0 Å². The fraction of sp³-hybridized carbons (Fsp3) is 0.611. The molecule has 2 aliphatic carbocycles. The molecule has 0 unspecified atom stereocenters. The van der Waals surface area contributed by atoms with E-state index in [0.717, 1.165) is 37.7 Å². The highest BCUT2D eigenvalue weighted by Crippen LogP contribution is 2.23. The first-order chi connectivity index (χ1) is 10.6. The van der Waals surface area contributed by atoms with E-state index in [1.54, 1.807) is 0 Å². The Kier molecular flexibility index (Phi) is 4.79. The summed E-state index contributed by atoms with van der Waals surface area (Å²) in [5.74, 6) is -0.0731. The minimum absolute atomic E-state index is 0.0731. The van der Waals surface area contributed by atoms with Gasteiger partial charge in [-0.2, -0.15) is 0 Å². The zero-order chi connectivity index (χ0) is 15.5. The van der Waals surface area contributed by atoms with E-state index < -0.39 is 12.2 Å². The van der Waals surface area contributed by atoms with Gasteiger partial charge in [-0.15, -0.1) is 0 Å². The van der Waals surface area contributed by atoms with E-state index in [4.69, 9.17) is 0 Å². The summed E-state index contributed by atoms with van der Waals surface area (Å²) in [6.07, 6.45) is 5.38. The summed E-state index contributed by atoms with van der Waals surface area (Å²) in [4.78, 5) is 12.2. The van der Waals surface area contributed by atoms with E-state index in [9.17, 15) is 15.0 Å². The van der Waals surface area contributed by atoms with Crippen LogP contribution < -0.4 is 5.32 Å². The van der Waals surface area contributed by atoms with E-state index in [1.165, 1.54) is 17.5 Å². The molecule has 4 heteroatoms. The number of amides is 1. The average molecular weight is 303 g/mol. The number of hydrogen-bond donors (Lipinski definition) is 3. The van der Waals surface area contributed by atoms with Gasteiger partial charge in [0.1, 0.15) is 0 Å². The predicted octanol–water partition coefficient (Wildman–Crippen LogP) is 1.50. The summed E-state index contributed by atoms with van der Waals surface area (Å²) in [5, 5.41) is 22.8. The van der Waals surface area contributed by atoms with Crippen molar-refractivity contribution in [2.24, 2.45) is 0 Å². The number of benzene rings is 1. The molecule has 1 amide bonds. The first-order valence-corrected chi connectivity index (χ1v) is 8.39. The Hall–Kier alpha value is -1.39. The molecule has 1 saturated carbocycles. The highest BCUT2D eigenvalue weighted by Gasteiger charge is 2.29. The highest BCUT2D eigenvalue weighted by molar-refractivity contribution is 5.79. The number of carbonyl (C=O) groups is 1. The van der Waals surface area contributed by atoms with Crippen molar-refractivity contribution in [3.05, 3.63) is 34.9 Å². The molecule has 0 spiro atoms. The van der Waals surface area contributed by atoms with Gasteiger partial charge in [-0.05, 0) is 48.8 Å². The number of carbonyl (C=O) groups excluding carboxylic acids is 1. The molecule has 0 heterocycles. The van der Waals surface area contributed by atoms with Crippen LogP contribution in [0.2, 0.25) is 0 Å². The summed E-state index contributed by atoms with van der Waals surface area (Å²) in [6.45, 7) is 0. The van der Waals surface area contributed by atoms with E-state index in [-0.39, 0.29) is 11.9 Å². The van der Waals surface area contributed by atoms with Crippen LogP contribution in [0, 0.1) is 0 Å². The lowest BCUT2D eigenvalue weighted by Gasteiger charge is -2.25. The van der Waals surface area contributed by atoms with Crippen LogP contribution in [0.25, 0.3) is 0 Å². The number of nitrogens with one attached hydrogen (secondary N) is 1. The molecule has 1 fully saturated rings. The number of hydrogen-bond acceptors (Lipinski definition) is 3. The first-order valence-electron chi connectivity index (χ1n) is 8.39. The minimum Gasteiger partial charge on any atom is -0.390 e. The topological polar surface area (TPSA) is 69.6 Å². The molecule has 22 heavy (non-hydrogen) atoms. The molecule has 1 aromatic rings. The third-order valence-corrected chi connectivity index (χ3v) is 4.95. The van der Waals surface area contributed by atoms with Crippen LogP contribution in [-0.4, -0.2) is 34.4 Å². The average Bonchev–Trinajstić information content (AvgIpc) is 2.90. The summed E-state index contributed by atoms with van der Waals surface area (Å²) >= 11 is 0. The quantitative estimate of drug-likeness (QED) is 0.741. The van der Waals surface area contributed by atoms with Gasteiger partial charge in [0.25, 0.3) is 0 Å². The van der Waals surface area contributed by atoms with Crippen LogP contribution in [-0.2, 0) is 24.1 Å². The Balaban J connectivity index is 1.60. The minimum atomic E-state index is -0.855. The normalized spacial score (nSPS) is 28.0. The number of fused-ring (bicyclic) bond motifs is 1. The molecule has 3 N–H and O–H groups in total. The van der Waals surface area contributed by atoms with Gasteiger partial charge in [0.2, 0.25) is 5.91 Å². The van der Waals surface area contributed by atoms with Gasteiger partial charge in [-0.1, -0.05) is 31.0 Å². The maximum Gasteiger partial charge on any atom is 0.224 e. The van der Waals surface area contributed by atoms with E-state index in [2.05, 4.69) is 17.4 Å². The third kappa shape index (κ3) is 3.50. The van der Waals surface area contributed by atoms with Gasteiger partial charge in [0.15, 0.2) is 0 Å². The van der Waals surface area contributed by atoms with Gasteiger partial charge >= 0.3 is 0 Å². The summed E-state index contributed by atoms with van der Waals surface area (Å²) in [7, 11) is 0. The molecule has 3 rings (SSSR count). The highest BCUT2D eigenvalue weighted by atomic mass is 16.3. The Bertz CT molecular complexity index is 543. The van der Waals surface area contributed by atoms with Crippen LogP contribution in [0.1, 0.15) is 48.8 Å². The molecule has 0 aromatic heterocycles. The lowest BCUT2D eigenvalue weighted by atomic mass is 10.0. The van der Waals surface area contributed by atoms with Crippen molar-refractivity contribution in [2.75, 3.05) is 0 Å². The van der Waals surface area contributed by atoms with Gasteiger partial charge < -0.3 is 15.5 Å². The van der Waals surface area contributed by atoms with Crippen LogP contribution in [0.3, 0.4) is 0 Å². The summed E-state index contributed by atoms with van der Waals surface area (Å²) in [6, 6.07) is 5.97. The number of aliphatic hydroxyl groups is 2. The second kappa shape index (κ2) is 6.80. The molecular weight excluding hydrogens is 278 g/mol. The maximum absolute atomic E-state index is 12.2. The Morgan fingerprint density at radius 2 is 1.86 bits per heavy atom. The van der Waals surface area contributed by atoms with Crippen molar-refractivity contribution < 1.29 is 15.0 Å². The lowest BCUT2D eigenvalue weighted by Crippen LogP contribution is -2.47. The summed E-state index contributed by atoms with van der Waals surface area (Å²) < 4.78 is 0. The van der Waals surface area contributed by atoms with Crippen molar-refractivity contribution >= 4 is 5.91 Å². The number of aryl methyl sites for hydroxylation is 2. The van der Waals surface area contributed by atoms with Gasteiger partial charge in [0, 0.05) is 0 Å². The Labute approximate surface area is 131 Å². The molecule has 0 bridgehead atoms. The molecule has 0 saturated heterocycles. The van der Waals surface area contributed by atoms with Crippen molar-refractivity contribution in [3.8, 4) is 0 Å². The van der Waals surface area contributed by atoms with Crippen LogP contribution in [0.15, 0.2) is 18.2 Å². The predicted molar refractivity (Wildman–Crippen MR) is 84.6 cm³/mol. The zero-order valence-corrected chi connectivity index (χ0v) is 12.9. The third-order valence-electron chi connectivity index (χ3n) is 4.95. The van der Waals surface area contributed by atoms with Gasteiger partial charge in [-0.25, -0.2) is 0 Å². The molecule has 0 aliphatic heterocycles. The first kappa shape index (κ1) is 15.5. The van der Waals surface area contributed by atoms with Crippen LogP contribution in [0.5, 0.6) is 0 Å². The van der Waals surface area contributed by atoms with Crippen molar-refractivity contribution in [1.82, 2.24) is 5.32 Å². The molecule has 4 nitrogen and oxygen atoms in total. The summed E-state index contributed by atoms with van der Waals surface area (Å²) in [5.41, 5.74) is 3.81. The Morgan fingerprint density at radius 1 is 1.09 bits per heavy atom. The fourth-order valence-corrected chi connectivity index (χ4v) is 3.66. The van der Waals surface area contributed by atoms with Gasteiger partial charge in [-0.3, -0.25) is 4.79 Å². The second-order valence-electron chi connectivity index (χ2n) is 6.65. The number of rotatable bonds is 3. The maximum atomic E-state index is 12.2. The van der Waals surface area contributed by atoms with Crippen LogP contribution in [0.4, 0.5) is 0 Å². The zero-order valence-electron chi connectivity index (χ0n) is 12.9. The largest absolute Gasteiger partial charge is 0.390 e. The van der Waals surface area contributed by atoms with E-state index >= 15 is 0 Å². The van der Waals surface area contributed by atoms with Gasteiger partial charge in [0.05, 0.1) is 24.7 Å². The molecular formula is C18H25NO3. The smallest absolute Gasteiger partial charge is 0.224 e. The van der Waals surface area contributed by atoms with Crippen LogP contribution >= 0.6 is 0 Å². The molecule has 0 radical (unpaired) electrons. The second-order valence-corrected chi connectivity index (χ2v) is 6.65. The lowest BCUT2D eigenvalue weighted by molar-refractivity contribution is -0.122. The van der Waals surface area contributed by atoms with E-state index in [0.29, 0.717) is 12.8 Å². The standard InChI is InChI=1S/C18H25NO3/c20-16-7-2-1-6-15(18(16)22)19-17(21)11-12-8-9-13-4-3-5-14(13)10-12/h8-10,15-16,18,20,22H,1-7,11H2,(H,19,21)/t15-,16-,18-/m1/s1. The number of aliphatic hydroxyl groups excluding tert-OH is 2. The van der Waals surface area contributed by atoms with E-state index in [1.807, 2.05) is 6.07 Å². The molecule has 120 valence electrons. The SMILES string of the molecule is O=C(Cc1ccc2c(c1)CCC2)N[C@@H]1CCCC[C@@H](O)[C@@H]1O. The monoisotopic (exact) mass is 303 g/mol. The Morgan fingerprint density at radius 3 is 2.73 bits per heavy atom. The molecule has 1 aromatic carbocycles. The molecule has 3 atom stereocenters. The van der Waals surface area contributed by atoms with Crippen molar-refractivity contribution in [1.29, 1.82) is 0 Å². The molecule has 2 aliphatic rings. The fourth-order valence-electron chi connectivity index (χ4n) is 3.66. The van der Waals surface area contributed by atoms with Crippen molar-refractivity contribution in [2.45, 2.75) is 69.6 Å².